The van der Waals surface area contributed by atoms with Crippen molar-refractivity contribution in [2.75, 3.05) is 13.2 Å². The van der Waals surface area contributed by atoms with Gasteiger partial charge in [-0.2, -0.15) is 5.10 Å². The van der Waals surface area contributed by atoms with Crippen LogP contribution in [0, 0.1) is 4.77 Å². The van der Waals surface area contributed by atoms with Crippen molar-refractivity contribution in [3.8, 4) is 0 Å². The highest BCUT2D eigenvalue weighted by molar-refractivity contribution is 7.71. The molecular weight excluding hydrogens is 272 g/mol. The minimum absolute atomic E-state index is 0.0187. The van der Waals surface area contributed by atoms with Crippen LogP contribution in [0.2, 0.25) is 0 Å². The number of aromatic nitrogens is 4. The van der Waals surface area contributed by atoms with Crippen molar-refractivity contribution < 1.29 is 4.74 Å². The maximum Gasteiger partial charge on any atom is 0.179 e. The lowest BCUT2D eigenvalue weighted by molar-refractivity contribution is 0.0302. The highest BCUT2D eigenvalue weighted by Crippen LogP contribution is 2.33. The first-order valence-electron chi connectivity index (χ1n) is 7.31. The van der Waals surface area contributed by atoms with Crippen molar-refractivity contribution in [2.45, 2.75) is 45.1 Å². The molecule has 3 heterocycles. The number of hydrogen-bond acceptors (Lipinski definition) is 3. The quantitative estimate of drug-likeness (QED) is 0.885. The third-order valence-electron chi connectivity index (χ3n) is 4.33. The molecule has 110 valence electrons. The molecule has 1 aliphatic rings. The summed E-state index contributed by atoms with van der Waals surface area (Å²) < 4.78 is 10.5. The first-order chi connectivity index (χ1) is 9.57. The smallest absolute Gasteiger partial charge is 0.179 e. The Morgan fingerprint density at radius 1 is 1.40 bits per heavy atom. The average Bonchev–Trinajstić information content (AvgIpc) is 2.89. The summed E-state index contributed by atoms with van der Waals surface area (Å²) in [6.07, 6.45) is 4.04. The molecule has 1 aliphatic heterocycles. The van der Waals surface area contributed by atoms with E-state index in [2.05, 4.69) is 28.5 Å². The predicted molar refractivity (Wildman–Crippen MR) is 81.6 cm³/mol. The second-order valence-corrected chi connectivity index (χ2v) is 6.28. The van der Waals surface area contributed by atoms with E-state index >= 15 is 0 Å². The molecule has 1 saturated heterocycles. The summed E-state index contributed by atoms with van der Waals surface area (Å²) >= 11 is 5.59. The molecule has 5 nitrogen and oxygen atoms in total. The summed E-state index contributed by atoms with van der Waals surface area (Å²) in [6, 6.07) is 0. The zero-order valence-electron chi connectivity index (χ0n) is 12.4. The van der Waals surface area contributed by atoms with Crippen LogP contribution in [0.3, 0.4) is 0 Å². The fraction of sp³-hybridized carbons (Fsp3) is 0.714. The van der Waals surface area contributed by atoms with Crippen molar-refractivity contribution in [3.05, 3.63) is 10.5 Å². The molecule has 6 heteroatoms. The van der Waals surface area contributed by atoms with Gasteiger partial charge >= 0.3 is 0 Å². The molecule has 1 fully saturated rings. The van der Waals surface area contributed by atoms with Crippen LogP contribution < -0.4 is 0 Å². The first-order valence-corrected chi connectivity index (χ1v) is 7.72. The van der Waals surface area contributed by atoms with E-state index < -0.39 is 0 Å². The van der Waals surface area contributed by atoms with Gasteiger partial charge in [0.15, 0.2) is 10.4 Å². The van der Waals surface area contributed by atoms with E-state index in [1.807, 2.05) is 11.7 Å². The number of aryl methyl sites for hydroxylation is 2. The molecule has 2 aromatic heterocycles. The van der Waals surface area contributed by atoms with Gasteiger partial charge in [-0.15, -0.1) is 0 Å². The van der Waals surface area contributed by atoms with Crippen molar-refractivity contribution in [1.82, 2.24) is 19.3 Å². The molecule has 0 unspecified atom stereocenters. The Labute approximate surface area is 123 Å². The van der Waals surface area contributed by atoms with Crippen LogP contribution in [-0.2, 0) is 23.7 Å². The van der Waals surface area contributed by atoms with Gasteiger partial charge in [0.2, 0.25) is 0 Å². The van der Waals surface area contributed by atoms with Gasteiger partial charge in [-0.05, 0) is 38.4 Å². The molecule has 0 saturated carbocycles. The van der Waals surface area contributed by atoms with Crippen LogP contribution in [0.1, 0.15) is 38.8 Å². The lowest BCUT2D eigenvalue weighted by Gasteiger charge is -2.35. The molecule has 0 aliphatic carbocycles. The third-order valence-corrected chi connectivity index (χ3v) is 4.62. The van der Waals surface area contributed by atoms with Crippen LogP contribution in [0.4, 0.5) is 0 Å². The molecule has 2 aromatic rings. The number of rotatable bonds is 3. The summed E-state index contributed by atoms with van der Waals surface area (Å²) in [4.78, 5) is 3.38. The topological polar surface area (TPSA) is 47.8 Å². The number of imidazole rings is 1. The van der Waals surface area contributed by atoms with Crippen LogP contribution in [0.25, 0.3) is 11.2 Å². The highest BCUT2D eigenvalue weighted by Gasteiger charge is 2.33. The van der Waals surface area contributed by atoms with Crippen LogP contribution in [-0.4, -0.2) is 32.5 Å². The lowest BCUT2D eigenvalue weighted by atomic mass is 9.92. The van der Waals surface area contributed by atoms with Crippen LogP contribution >= 0.6 is 12.2 Å². The summed E-state index contributed by atoms with van der Waals surface area (Å²) in [5.41, 5.74) is 3.35. The van der Waals surface area contributed by atoms with Gasteiger partial charge in [0.05, 0.1) is 11.2 Å². The van der Waals surface area contributed by atoms with Crippen molar-refractivity contribution in [2.24, 2.45) is 7.05 Å². The van der Waals surface area contributed by atoms with E-state index in [0.29, 0.717) is 0 Å². The maximum atomic E-state index is 5.59. The van der Waals surface area contributed by atoms with Gasteiger partial charge in [-0.1, -0.05) is 13.3 Å². The van der Waals surface area contributed by atoms with E-state index in [9.17, 15) is 0 Å². The Bertz CT molecular complexity index is 675. The largest absolute Gasteiger partial charge is 0.381 e. The third kappa shape index (κ3) is 2.02. The van der Waals surface area contributed by atoms with Gasteiger partial charge in [-0.25, -0.2) is 0 Å². The van der Waals surface area contributed by atoms with E-state index in [-0.39, 0.29) is 5.54 Å². The number of nitrogens with one attached hydrogen (secondary N) is 1. The zero-order chi connectivity index (χ0) is 14.3. The van der Waals surface area contributed by atoms with E-state index in [1.54, 1.807) is 0 Å². The monoisotopic (exact) mass is 294 g/mol. The lowest BCUT2D eigenvalue weighted by Crippen LogP contribution is -2.37. The minimum atomic E-state index is 0.0187. The Morgan fingerprint density at radius 3 is 2.75 bits per heavy atom. The van der Waals surface area contributed by atoms with Crippen LogP contribution in [0.5, 0.6) is 0 Å². The normalized spacial score (nSPS) is 18.8. The molecule has 20 heavy (non-hydrogen) atoms. The Morgan fingerprint density at radius 2 is 2.10 bits per heavy atom. The summed E-state index contributed by atoms with van der Waals surface area (Å²) in [7, 11) is 2.00. The summed E-state index contributed by atoms with van der Waals surface area (Å²) in [5, 5.41) is 4.65. The second kappa shape index (κ2) is 5.00. The molecule has 0 radical (unpaired) electrons. The van der Waals surface area contributed by atoms with Crippen LogP contribution in [0.15, 0.2) is 0 Å². The van der Waals surface area contributed by atoms with Crippen molar-refractivity contribution in [1.29, 1.82) is 0 Å². The number of hydrogen-bond donors (Lipinski definition) is 1. The van der Waals surface area contributed by atoms with Gasteiger partial charge in [-0.3, -0.25) is 9.25 Å². The fourth-order valence-corrected chi connectivity index (χ4v) is 3.57. The number of fused-ring (bicyclic) bond motifs is 1. The predicted octanol–water partition coefficient (Wildman–Crippen LogP) is 2.91. The first kappa shape index (κ1) is 13.8. The van der Waals surface area contributed by atoms with E-state index in [1.165, 1.54) is 0 Å². The van der Waals surface area contributed by atoms with Gasteiger partial charge in [0, 0.05) is 20.3 Å². The molecule has 0 aromatic carbocycles. The SMILES string of the molecule is CCCc1nn(C)c2c1[nH]c(=S)n2C1(C)CCOCC1. The number of nitrogens with zero attached hydrogens (tertiary/aromatic N) is 3. The highest BCUT2D eigenvalue weighted by atomic mass is 32.1. The van der Waals surface area contributed by atoms with Gasteiger partial charge in [0.1, 0.15) is 5.52 Å². The van der Waals surface area contributed by atoms with Crippen molar-refractivity contribution in [3.63, 3.8) is 0 Å². The molecule has 0 bridgehead atoms. The number of ether oxygens (including phenoxy) is 1. The summed E-state index contributed by atoms with van der Waals surface area (Å²) in [5.74, 6) is 0. The number of H-pyrrole nitrogens is 1. The Kier molecular flexibility index (Phi) is 3.46. The number of aromatic amines is 1. The fourth-order valence-electron chi connectivity index (χ4n) is 3.16. The standard InChI is InChI=1S/C14H22N4OS/c1-4-5-10-11-12(17(3)16-10)18(13(20)15-11)14(2)6-8-19-9-7-14/h4-9H2,1-3H3,(H,15,20). The Balaban J connectivity index is 2.20. The van der Waals surface area contributed by atoms with E-state index in [0.717, 1.165) is 60.5 Å². The zero-order valence-corrected chi connectivity index (χ0v) is 13.2. The van der Waals surface area contributed by atoms with E-state index in [4.69, 9.17) is 17.0 Å². The average molecular weight is 294 g/mol. The molecule has 0 amide bonds. The molecule has 1 N–H and O–H groups in total. The van der Waals surface area contributed by atoms with Crippen molar-refractivity contribution >= 4 is 23.4 Å². The minimum Gasteiger partial charge on any atom is -0.381 e. The second-order valence-electron chi connectivity index (χ2n) is 5.89. The Hall–Kier alpha value is -1.14. The maximum absolute atomic E-state index is 5.59. The summed E-state index contributed by atoms with van der Waals surface area (Å²) in [6.45, 7) is 6.03. The molecule has 0 atom stereocenters. The van der Waals surface area contributed by atoms with Gasteiger partial charge in [0.25, 0.3) is 0 Å². The molecule has 0 spiro atoms. The molecular formula is C14H22N4OS. The van der Waals surface area contributed by atoms with Gasteiger partial charge < -0.3 is 9.72 Å². The molecule has 3 rings (SSSR count).